The lowest BCUT2D eigenvalue weighted by Gasteiger charge is -2.41. The summed E-state index contributed by atoms with van der Waals surface area (Å²) in [4.78, 5) is 6.68. The Labute approximate surface area is 145 Å². The van der Waals surface area contributed by atoms with Crippen molar-refractivity contribution in [1.29, 1.82) is 0 Å². The van der Waals surface area contributed by atoms with Gasteiger partial charge >= 0.3 is 0 Å². The lowest BCUT2D eigenvalue weighted by Crippen LogP contribution is -2.48. The van der Waals surface area contributed by atoms with Crippen molar-refractivity contribution in [2.75, 3.05) is 45.6 Å². The van der Waals surface area contributed by atoms with E-state index >= 15 is 0 Å². The summed E-state index contributed by atoms with van der Waals surface area (Å²) in [6, 6.07) is 12.3. The highest BCUT2D eigenvalue weighted by Gasteiger charge is 2.27. The molecule has 0 spiro atoms. The van der Waals surface area contributed by atoms with E-state index in [9.17, 15) is 0 Å². The molecule has 4 heteroatoms. The van der Waals surface area contributed by atoms with Crippen molar-refractivity contribution >= 4 is 11.8 Å². The van der Waals surface area contributed by atoms with Crippen molar-refractivity contribution < 1.29 is 4.74 Å². The third-order valence-electron chi connectivity index (χ3n) is 5.29. The van der Waals surface area contributed by atoms with Crippen LogP contribution in [-0.2, 0) is 4.74 Å². The van der Waals surface area contributed by atoms with Crippen LogP contribution in [0.5, 0.6) is 0 Å². The Morgan fingerprint density at radius 2 is 1.78 bits per heavy atom. The normalized spacial score (nSPS) is 21.8. The zero-order valence-electron chi connectivity index (χ0n) is 14.3. The highest BCUT2D eigenvalue weighted by atomic mass is 32.2. The van der Waals surface area contributed by atoms with Crippen molar-refractivity contribution in [2.45, 2.75) is 42.7 Å². The summed E-state index contributed by atoms with van der Waals surface area (Å²) < 4.78 is 5.49. The van der Waals surface area contributed by atoms with E-state index in [0.29, 0.717) is 0 Å². The molecule has 1 aromatic rings. The van der Waals surface area contributed by atoms with Gasteiger partial charge in [0, 0.05) is 42.5 Å². The quantitative estimate of drug-likeness (QED) is 0.741. The second kappa shape index (κ2) is 9.07. The zero-order chi connectivity index (χ0) is 15.9. The minimum absolute atomic E-state index is 0.766. The van der Waals surface area contributed by atoms with Gasteiger partial charge in [0.2, 0.25) is 0 Å². The maximum atomic E-state index is 5.49. The monoisotopic (exact) mass is 334 g/mol. The minimum Gasteiger partial charge on any atom is -0.381 e. The molecule has 3 rings (SSSR count). The lowest BCUT2D eigenvalue weighted by atomic mass is 9.99. The molecule has 0 amide bonds. The highest BCUT2D eigenvalue weighted by Crippen LogP contribution is 2.23. The van der Waals surface area contributed by atoms with Gasteiger partial charge in [-0.1, -0.05) is 18.2 Å². The van der Waals surface area contributed by atoms with E-state index in [0.717, 1.165) is 25.3 Å². The molecule has 0 aromatic heterocycles. The van der Waals surface area contributed by atoms with E-state index in [-0.39, 0.29) is 0 Å². The summed E-state index contributed by atoms with van der Waals surface area (Å²) >= 11 is 1.97. The van der Waals surface area contributed by atoms with Crippen LogP contribution in [0.1, 0.15) is 25.7 Å². The molecule has 3 nitrogen and oxygen atoms in total. The molecule has 2 aliphatic heterocycles. The number of hydrogen-bond donors (Lipinski definition) is 0. The van der Waals surface area contributed by atoms with Gasteiger partial charge < -0.3 is 14.5 Å². The van der Waals surface area contributed by atoms with E-state index in [4.69, 9.17) is 4.74 Å². The number of rotatable bonds is 6. The fraction of sp³-hybridized carbons (Fsp3) is 0.684. The predicted molar refractivity (Wildman–Crippen MR) is 98.2 cm³/mol. The molecule has 0 N–H and O–H groups in total. The van der Waals surface area contributed by atoms with Crippen molar-refractivity contribution in [1.82, 2.24) is 9.80 Å². The second-order valence-electron chi connectivity index (χ2n) is 6.75. The molecule has 2 aliphatic rings. The molecule has 0 saturated carbocycles. The molecule has 2 fully saturated rings. The van der Waals surface area contributed by atoms with Crippen LogP contribution in [0.3, 0.4) is 0 Å². The summed E-state index contributed by atoms with van der Waals surface area (Å²) in [5.74, 6) is 1.18. The number of thioether (sulfide) groups is 1. The summed E-state index contributed by atoms with van der Waals surface area (Å²) in [6.07, 6.45) is 5.11. The Bertz CT molecular complexity index is 442. The van der Waals surface area contributed by atoms with Gasteiger partial charge in [-0.2, -0.15) is 0 Å². The highest BCUT2D eigenvalue weighted by molar-refractivity contribution is 7.99. The van der Waals surface area contributed by atoms with Crippen molar-refractivity contribution in [2.24, 2.45) is 0 Å². The van der Waals surface area contributed by atoms with Crippen LogP contribution in [0.15, 0.2) is 35.2 Å². The molecule has 128 valence electrons. The third-order valence-corrected chi connectivity index (χ3v) is 6.28. The third kappa shape index (κ3) is 5.21. The average molecular weight is 335 g/mol. The summed E-state index contributed by atoms with van der Waals surface area (Å²) in [6.45, 7) is 5.64. The fourth-order valence-corrected chi connectivity index (χ4v) is 4.71. The van der Waals surface area contributed by atoms with Crippen LogP contribution in [0, 0.1) is 0 Å². The van der Waals surface area contributed by atoms with Crippen molar-refractivity contribution in [3.05, 3.63) is 30.3 Å². The van der Waals surface area contributed by atoms with Crippen LogP contribution >= 0.6 is 11.8 Å². The fourth-order valence-electron chi connectivity index (χ4n) is 3.75. The first-order valence-electron chi connectivity index (χ1n) is 9.03. The Morgan fingerprint density at radius 1 is 1.09 bits per heavy atom. The van der Waals surface area contributed by atoms with Gasteiger partial charge in [-0.3, -0.25) is 0 Å². The van der Waals surface area contributed by atoms with Gasteiger partial charge in [0.25, 0.3) is 0 Å². The molecule has 0 unspecified atom stereocenters. The van der Waals surface area contributed by atoms with E-state index in [1.807, 2.05) is 11.8 Å². The van der Waals surface area contributed by atoms with Crippen molar-refractivity contribution in [3.8, 4) is 0 Å². The molecule has 23 heavy (non-hydrogen) atoms. The van der Waals surface area contributed by atoms with Crippen LogP contribution in [0.2, 0.25) is 0 Å². The smallest absolute Gasteiger partial charge is 0.0480 e. The van der Waals surface area contributed by atoms with Crippen LogP contribution in [0.4, 0.5) is 0 Å². The molecule has 1 aromatic carbocycles. The first kappa shape index (κ1) is 17.3. The van der Waals surface area contributed by atoms with Gasteiger partial charge in [-0.15, -0.1) is 11.8 Å². The Balaban J connectivity index is 1.35. The maximum absolute atomic E-state index is 5.49. The predicted octanol–water partition coefficient (Wildman–Crippen LogP) is 3.35. The van der Waals surface area contributed by atoms with Gasteiger partial charge in [0.05, 0.1) is 0 Å². The van der Waals surface area contributed by atoms with E-state index < -0.39 is 0 Å². The minimum atomic E-state index is 0.766. The molecule has 0 radical (unpaired) electrons. The average Bonchev–Trinajstić information content (AvgIpc) is 2.63. The zero-order valence-corrected chi connectivity index (χ0v) is 15.1. The van der Waals surface area contributed by atoms with Gasteiger partial charge in [0.1, 0.15) is 0 Å². The number of likely N-dealkylation sites (tertiary alicyclic amines) is 1. The van der Waals surface area contributed by atoms with E-state index in [1.54, 1.807) is 0 Å². The Hall–Kier alpha value is -0.550. The number of benzene rings is 1. The van der Waals surface area contributed by atoms with Crippen LogP contribution in [0.25, 0.3) is 0 Å². The number of hydrogen-bond acceptors (Lipinski definition) is 4. The first-order chi connectivity index (χ1) is 11.3. The standard InChI is InChI=1S/C19H30N2OS/c1-20(13-16-23-19-5-3-2-4-6-19)17-7-11-21(12-8-17)18-9-14-22-15-10-18/h2-6,17-18H,7-16H2,1H3. The molecule has 0 atom stereocenters. The summed E-state index contributed by atoms with van der Waals surface area (Å²) in [5.41, 5.74) is 0. The molecule has 0 aliphatic carbocycles. The number of nitrogens with zero attached hydrogens (tertiary/aromatic N) is 2. The SMILES string of the molecule is CN(CCSc1ccccc1)C1CCN(C2CCOCC2)CC1. The summed E-state index contributed by atoms with van der Waals surface area (Å²) in [5, 5.41) is 0. The molecule has 0 bridgehead atoms. The summed E-state index contributed by atoms with van der Waals surface area (Å²) in [7, 11) is 2.31. The largest absolute Gasteiger partial charge is 0.381 e. The lowest BCUT2D eigenvalue weighted by molar-refractivity contribution is 0.0164. The number of piperidine rings is 1. The maximum Gasteiger partial charge on any atom is 0.0480 e. The molecular weight excluding hydrogens is 304 g/mol. The molecule has 2 heterocycles. The topological polar surface area (TPSA) is 15.7 Å². The van der Waals surface area contributed by atoms with Gasteiger partial charge in [-0.25, -0.2) is 0 Å². The van der Waals surface area contributed by atoms with Crippen LogP contribution in [-0.4, -0.2) is 67.5 Å². The Morgan fingerprint density at radius 3 is 2.48 bits per heavy atom. The first-order valence-corrected chi connectivity index (χ1v) is 10.0. The van der Waals surface area contributed by atoms with Gasteiger partial charge in [0.15, 0.2) is 0 Å². The number of ether oxygens (including phenoxy) is 1. The molecule has 2 saturated heterocycles. The van der Waals surface area contributed by atoms with E-state index in [2.05, 4.69) is 47.2 Å². The van der Waals surface area contributed by atoms with Gasteiger partial charge in [-0.05, 0) is 58.0 Å². The van der Waals surface area contributed by atoms with Crippen LogP contribution < -0.4 is 0 Å². The molecular formula is C19H30N2OS. The second-order valence-corrected chi connectivity index (χ2v) is 7.92. The Kier molecular flexibility index (Phi) is 6.81. The van der Waals surface area contributed by atoms with Crippen molar-refractivity contribution in [3.63, 3.8) is 0 Å². The van der Waals surface area contributed by atoms with E-state index in [1.165, 1.54) is 56.0 Å².